The van der Waals surface area contributed by atoms with Crippen molar-refractivity contribution < 1.29 is 4.74 Å². The Morgan fingerprint density at radius 3 is 3.06 bits per heavy atom. The number of ether oxygens (including phenoxy) is 1. The van der Waals surface area contributed by atoms with Crippen LogP contribution in [-0.2, 0) is 0 Å². The highest BCUT2D eigenvalue weighted by Crippen LogP contribution is 2.20. The van der Waals surface area contributed by atoms with Gasteiger partial charge >= 0.3 is 0 Å². The maximum atomic E-state index is 9.00. The average molecular weight is 230 g/mol. The molecule has 0 spiro atoms. The molecule has 0 bridgehead atoms. The molecule has 1 saturated heterocycles. The number of piperidine rings is 1. The molecule has 1 N–H and O–H groups in total. The molecule has 0 aliphatic carbocycles. The molecule has 1 atom stereocenters. The van der Waals surface area contributed by atoms with Gasteiger partial charge in [-0.15, -0.1) is 0 Å². The quantitative estimate of drug-likeness (QED) is 0.867. The summed E-state index contributed by atoms with van der Waals surface area (Å²) in [7, 11) is 0. The third-order valence-corrected chi connectivity index (χ3v) is 3.11. The second kappa shape index (κ2) is 5.70. The van der Waals surface area contributed by atoms with Gasteiger partial charge in [0.1, 0.15) is 18.4 Å². The van der Waals surface area contributed by atoms with Gasteiger partial charge in [0.2, 0.25) is 0 Å². The molecule has 90 valence electrons. The first-order valence-corrected chi connectivity index (χ1v) is 6.16. The maximum absolute atomic E-state index is 9.00. The minimum atomic E-state index is 0.427. The Morgan fingerprint density at radius 2 is 2.35 bits per heavy atom. The number of nitrogens with zero attached hydrogens (tertiary/aromatic N) is 1. The second-order valence-electron chi connectivity index (χ2n) is 4.57. The zero-order valence-electron chi connectivity index (χ0n) is 10.2. The molecule has 1 aliphatic heterocycles. The van der Waals surface area contributed by atoms with E-state index in [1.807, 2.05) is 25.1 Å². The van der Waals surface area contributed by atoms with E-state index in [9.17, 15) is 0 Å². The van der Waals surface area contributed by atoms with Crippen LogP contribution in [0.5, 0.6) is 5.75 Å². The van der Waals surface area contributed by atoms with Crippen LogP contribution in [0.15, 0.2) is 18.2 Å². The maximum Gasteiger partial charge on any atom is 0.137 e. The first kappa shape index (κ1) is 11.9. The molecule has 1 unspecified atom stereocenters. The van der Waals surface area contributed by atoms with E-state index in [2.05, 4.69) is 11.4 Å². The Labute approximate surface area is 102 Å². The second-order valence-corrected chi connectivity index (χ2v) is 4.57. The zero-order chi connectivity index (χ0) is 12.1. The molecule has 0 aromatic heterocycles. The van der Waals surface area contributed by atoms with E-state index in [4.69, 9.17) is 10.00 Å². The van der Waals surface area contributed by atoms with Crippen LogP contribution >= 0.6 is 0 Å². The van der Waals surface area contributed by atoms with Crippen LogP contribution in [0.1, 0.15) is 30.4 Å². The number of hydrogen-bond acceptors (Lipinski definition) is 3. The van der Waals surface area contributed by atoms with Crippen molar-refractivity contribution in [1.29, 1.82) is 5.26 Å². The van der Waals surface area contributed by atoms with Gasteiger partial charge in [-0.2, -0.15) is 5.26 Å². The van der Waals surface area contributed by atoms with Gasteiger partial charge in [0.15, 0.2) is 0 Å². The lowest BCUT2D eigenvalue weighted by atomic mass is 10.1. The Bertz CT molecular complexity index is 417. The summed E-state index contributed by atoms with van der Waals surface area (Å²) < 4.78 is 5.76. The minimum Gasteiger partial charge on any atom is -0.491 e. The monoisotopic (exact) mass is 230 g/mol. The molecule has 1 fully saturated rings. The standard InChI is InChI=1S/C14H18N2O/c1-11-5-6-12(9-15)14(8-11)17-10-13-4-2-3-7-16-13/h5-6,8,13,16H,2-4,7,10H2,1H3. The molecule has 1 aromatic carbocycles. The SMILES string of the molecule is Cc1ccc(C#N)c(OCC2CCCCN2)c1. The Morgan fingerprint density at radius 1 is 1.47 bits per heavy atom. The summed E-state index contributed by atoms with van der Waals surface area (Å²) in [5.41, 5.74) is 1.74. The van der Waals surface area contributed by atoms with Crippen LogP contribution in [0.4, 0.5) is 0 Å². The average Bonchev–Trinajstić information content (AvgIpc) is 2.38. The van der Waals surface area contributed by atoms with E-state index in [0.29, 0.717) is 24.0 Å². The fourth-order valence-electron chi connectivity index (χ4n) is 2.10. The smallest absolute Gasteiger partial charge is 0.137 e. The number of aryl methyl sites for hydroxylation is 1. The molecule has 1 aromatic rings. The minimum absolute atomic E-state index is 0.427. The summed E-state index contributed by atoms with van der Waals surface area (Å²) in [6.45, 7) is 3.73. The molecular formula is C14H18N2O. The summed E-state index contributed by atoms with van der Waals surface area (Å²) in [4.78, 5) is 0. The van der Waals surface area contributed by atoms with E-state index in [1.165, 1.54) is 12.8 Å². The Hall–Kier alpha value is -1.53. The van der Waals surface area contributed by atoms with Crippen molar-refractivity contribution in [2.45, 2.75) is 32.2 Å². The van der Waals surface area contributed by atoms with Gasteiger partial charge in [0.25, 0.3) is 0 Å². The molecule has 17 heavy (non-hydrogen) atoms. The van der Waals surface area contributed by atoms with Gasteiger partial charge in [0, 0.05) is 6.04 Å². The van der Waals surface area contributed by atoms with Gasteiger partial charge in [0.05, 0.1) is 5.56 Å². The summed E-state index contributed by atoms with van der Waals surface area (Å²) in [5.74, 6) is 0.708. The normalized spacial score (nSPS) is 19.6. The van der Waals surface area contributed by atoms with Gasteiger partial charge < -0.3 is 10.1 Å². The summed E-state index contributed by atoms with van der Waals surface area (Å²) in [6, 6.07) is 8.28. The van der Waals surface area contributed by atoms with E-state index in [1.54, 1.807) is 0 Å². The van der Waals surface area contributed by atoms with E-state index in [-0.39, 0.29) is 0 Å². The summed E-state index contributed by atoms with van der Waals surface area (Å²) in [5, 5.41) is 12.4. The Kier molecular flexibility index (Phi) is 4.00. The predicted molar refractivity (Wildman–Crippen MR) is 67.0 cm³/mol. The molecule has 3 nitrogen and oxygen atoms in total. The van der Waals surface area contributed by atoms with Crippen LogP contribution in [0.25, 0.3) is 0 Å². The van der Waals surface area contributed by atoms with Crippen molar-refractivity contribution in [2.24, 2.45) is 0 Å². The van der Waals surface area contributed by atoms with Gasteiger partial charge in [-0.05, 0) is 44.0 Å². The van der Waals surface area contributed by atoms with E-state index in [0.717, 1.165) is 18.5 Å². The highest BCUT2D eigenvalue weighted by atomic mass is 16.5. The van der Waals surface area contributed by atoms with Gasteiger partial charge in [-0.3, -0.25) is 0 Å². The molecular weight excluding hydrogens is 212 g/mol. The van der Waals surface area contributed by atoms with Crippen LogP contribution in [0, 0.1) is 18.3 Å². The fraction of sp³-hybridized carbons (Fsp3) is 0.500. The largest absolute Gasteiger partial charge is 0.491 e. The molecule has 0 radical (unpaired) electrons. The van der Waals surface area contributed by atoms with Gasteiger partial charge in [-0.25, -0.2) is 0 Å². The van der Waals surface area contributed by atoms with E-state index >= 15 is 0 Å². The van der Waals surface area contributed by atoms with Crippen molar-refractivity contribution in [2.75, 3.05) is 13.2 Å². The van der Waals surface area contributed by atoms with Crippen molar-refractivity contribution in [3.63, 3.8) is 0 Å². The number of nitriles is 1. The molecule has 3 heteroatoms. The zero-order valence-corrected chi connectivity index (χ0v) is 10.2. The number of hydrogen-bond donors (Lipinski definition) is 1. The summed E-state index contributed by atoms with van der Waals surface area (Å²) >= 11 is 0. The van der Waals surface area contributed by atoms with Crippen molar-refractivity contribution >= 4 is 0 Å². The third-order valence-electron chi connectivity index (χ3n) is 3.11. The van der Waals surface area contributed by atoms with Crippen LogP contribution in [-0.4, -0.2) is 19.2 Å². The highest BCUT2D eigenvalue weighted by Gasteiger charge is 2.13. The molecule has 1 aliphatic rings. The topological polar surface area (TPSA) is 45.0 Å². The Balaban J connectivity index is 1.98. The van der Waals surface area contributed by atoms with Crippen molar-refractivity contribution in [3.8, 4) is 11.8 Å². The van der Waals surface area contributed by atoms with Crippen molar-refractivity contribution in [3.05, 3.63) is 29.3 Å². The summed E-state index contributed by atoms with van der Waals surface area (Å²) in [6.07, 6.45) is 3.68. The first-order valence-electron chi connectivity index (χ1n) is 6.16. The molecule has 0 amide bonds. The molecule has 2 rings (SSSR count). The lowest BCUT2D eigenvalue weighted by Crippen LogP contribution is -2.38. The first-order chi connectivity index (χ1) is 8.29. The number of benzene rings is 1. The molecule has 0 saturated carbocycles. The van der Waals surface area contributed by atoms with Crippen LogP contribution in [0.3, 0.4) is 0 Å². The van der Waals surface area contributed by atoms with Gasteiger partial charge in [-0.1, -0.05) is 12.5 Å². The highest BCUT2D eigenvalue weighted by molar-refractivity contribution is 5.45. The number of rotatable bonds is 3. The fourth-order valence-corrected chi connectivity index (χ4v) is 2.10. The third kappa shape index (κ3) is 3.21. The van der Waals surface area contributed by atoms with Crippen molar-refractivity contribution in [1.82, 2.24) is 5.32 Å². The van der Waals surface area contributed by atoms with Crippen LogP contribution < -0.4 is 10.1 Å². The van der Waals surface area contributed by atoms with E-state index < -0.39 is 0 Å². The lowest BCUT2D eigenvalue weighted by Gasteiger charge is -2.23. The lowest BCUT2D eigenvalue weighted by molar-refractivity contribution is 0.238. The molecule has 1 heterocycles. The van der Waals surface area contributed by atoms with Crippen LogP contribution in [0.2, 0.25) is 0 Å². The number of nitrogens with one attached hydrogen (secondary N) is 1. The predicted octanol–water partition coefficient (Wildman–Crippen LogP) is 2.39.